The molecule has 1 aliphatic heterocycles. The highest BCUT2D eigenvalue weighted by atomic mass is 32.2. The summed E-state index contributed by atoms with van der Waals surface area (Å²) >= 11 is 1.73. The van der Waals surface area contributed by atoms with E-state index in [1.54, 1.807) is 18.0 Å². The standard InChI is InChI=1S/C18H22N6S/c1-23-17(15-6-3-8-19-12-15)21-22-18(23)25-13-14-5-2-7-16(11-14)24-10-4-9-20-24/h2,4-5,7,9-11,15,19H,3,6,8,12-13H2,1H3/t15-/m0/s1. The summed E-state index contributed by atoms with van der Waals surface area (Å²) < 4.78 is 4.03. The zero-order chi connectivity index (χ0) is 17.1. The Bertz CT molecular complexity index is 820. The van der Waals surface area contributed by atoms with Crippen molar-refractivity contribution >= 4 is 11.8 Å². The van der Waals surface area contributed by atoms with Crippen molar-refractivity contribution < 1.29 is 0 Å². The van der Waals surface area contributed by atoms with Crippen molar-refractivity contribution in [1.29, 1.82) is 0 Å². The quantitative estimate of drug-likeness (QED) is 0.714. The van der Waals surface area contributed by atoms with Crippen LogP contribution >= 0.6 is 11.8 Å². The molecule has 130 valence electrons. The van der Waals surface area contributed by atoms with Crippen LogP contribution < -0.4 is 5.32 Å². The van der Waals surface area contributed by atoms with Crippen LogP contribution in [0.1, 0.15) is 30.1 Å². The number of nitrogens with one attached hydrogen (secondary N) is 1. The average molecular weight is 354 g/mol. The Labute approximate surface area is 151 Å². The molecule has 0 aliphatic carbocycles. The zero-order valence-electron chi connectivity index (χ0n) is 14.3. The first-order valence-corrected chi connectivity index (χ1v) is 9.61. The SMILES string of the molecule is Cn1c(SCc2cccc(-n3cccn3)c2)nnc1[C@H]1CCCNC1. The van der Waals surface area contributed by atoms with Crippen LogP contribution in [0.25, 0.3) is 5.69 Å². The van der Waals surface area contributed by atoms with E-state index in [9.17, 15) is 0 Å². The van der Waals surface area contributed by atoms with E-state index in [0.29, 0.717) is 5.92 Å². The Balaban J connectivity index is 1.45. The lowest BCUT2D eigenvalue weighted by Gasteiger charge is -2.21. The first-order valence-electron chi connectivity index (χ1n) is 8.63. The average Bonchev–Trinajstić information content (AvgIpc) is 3.31. The minimum Gasteiger partial charge on any atom is -0.316 e. The monoisotopic (exact) mass is 354 g/mol. The van der Waals surface area contributed by atoms with Gasteiger partial charge in [-0.1, -0.05) is 23.9 Å². The number of rotatable bonds is 5. The molecule has 1 saturated heterocycles. The van der Waals surface area contributed by atoms with E-state index in [4.69, 9.17) is 0 Å². The number of benzene rings is 1. The summed E-state index contributed by atoms with van der Waals surface area (Å²) in [5.74, 6) is 2.44. The van der Waals surface area contributed by atoms with Gasteiger partial charge in [0.25, 0.3) is 0 Å². The van der Waals surface area contributed by atoms with Gasteiger partial charge in [0.2, 0.25) is 0 Å². The van der Waals surface area contributed by atoms with Crippen LogP contribution in [0, 0.1) is 0 Å². The van der Waals surface area contributed by atoms with Gasteiger partial charge in [0.15, 0.2) is 5.16 Å². The van der Waals surface area contributed by atoms with Crippen molar-refractivity contribution in [1.82, 2.24) is 29.9 Å². The lowest BCUT2D eigenvalue weighted by Crippen LogP contribution is -2.29. The highest BCUT2D eigenvalue weighted by Crippen LogP contribution is 2.27. The van der Waals surface area contributed by atoms with E-state index >= 15 is 0 Å². The van der Waals surface area contributed by atoms with Gasteiger partial charge in [-0.15, -0.1) is 10.2 Å². The second kappa shape index (κ2) is 7.41. The minimum atomic E-state index is 0.476. The fourth-order valence-electron chi connectivity index (χ4n) is 3.24. The lowest BCUT2D eigenvalue weighted by molar-refractivity contribution is 0.436. The largest absolute Gasteiger partial charge is 0.316 e. The number of nitrogens with zero attached hydrogens (tertiary/aromatic N) is 5. The van der Waals surface area contributed by atoms with Crippen LogP contribution in [-0.2, 0) is 12.8 Å². The highest BCUT2D eigenvalue weighted by Gasteiger charge is 2.21. The first kappa shape index (κ1) is 16.4. The second-order valence-electron chi connectivity index (χ2n) is 6.35. The summed E-state index contributed by atoms with van der Waals surface area (Å²) in [5, 5.41) is 17.6. The highest BCUT2D eigenvalue weighted by molar-refractivity contribution is 7.98. The van der Waals surface area contributed by atoms with Crippen LogP contribution in [0.4, 0.5) is 0 Å². The smallest absolute Gasteiger partial charge is 0.191 e. The summed E-state index contributed by atoms with van der Waals surface area (Å²) in [4.78, 5) is 0. The van der Waals surface area contributed by atoms with Gasteiger partial charge in [-0.3, -0.25) is 0 Å². The fraction of sp³-hybridized carbons (Fsp3) is 0.389. The van der Waals surface area contributed by atoms with E-state index in [1.807, 2.05) is 16.9 Å². The van der Waals surface area contributed by atoms with Crippen molar-refractivity contribution in [2.75, 3.05) is 13.1 Å². The Morgan fingerprint density at radius 1 is 1.28 bits per heavy atom. The normalized spacial score (nSPS) is 17.7. The summed E-state index contributed by atoms with van der Waals surface area (Å²) in [7, 11) is 2.08. The summed E-state index contributed by atoms with van der Waals surface area (Å²) in [6.07, 6.45) is 6.15. The van der Waals surface area contributed by atoms with Gasteiger partial charge < -0.3 is 9.88 Å². The van der Waals surface area contributed by atoms with Crippen molar-refractivity contribution in [2.45, 2.75) is 29.7 Å². The van der Waals surface area contributed by atoms with Gasteiger partial charge in [-0.2, -0.15) is 5.10 Å². The molecule has 2 aromatic heterocycles. The molecule has 1 N–H and O–H groups in total. The maximum absolute atomic E-state index is 4.45. The topological polar surface area (TPSA) is 60.6 Å². The summed E-state index contributed by atoms with van der Waals surface area (Å²) in [6.45, 7) is 2.12. The van der Waals surface area contributed by atoms with Gasteiger partial charge in [-0.25, -0.2) is 4.68 Å². The predicted molar refractivity (Wildman–Crippen MR) is 99.0 cm³/mol. The molecule has 3 heterocycles. The van der Waals surface area contributed by atoms with Gasteiger partial charge >= 0.3 is 0 Å². The number of aromatic nitrogens is 5. The van der Waals surface area contributed by atoms with E-state index in [2.05, 4.69) is 56.5 Å². The first-order chi connectivity index (χ1) is 12.3. The molecule has 3 aromatic rings. The number of piperidine rings is 1. The molecule has 0 saturated carbocycles. The molecule has 1 atom stereocenters. The third kappa shape index (κ3) is 3.62. The van der Waals surface area contributed by atoms with Crippen LogP contribution in [0.3, 0.4) is 0 Å². The molecule has 1 aromatic carbocycles. The van der Waals surface area contributed by atoms with E-state index in [1.165, 1.54) is 18.4 Å². The predicted octanol–water partition coefficient (Wildman–Crippen LogP) is 2.76. The lowest BCUT2D eigenvalue weighted by atomic mass is 9.99. The summed E-state index contributed by atoms with van der Waals surface area (Å²) in [5.41, 5.74) is 2.33. The zero-order valence-corrected chi connectivity index (χ0v) is 15.1. The Kier molecular flexibility index (Phi) is 4.85. The third-order valence-corrected chi connectivity index (χ3v) is 5.67. The van der Waals surface area contributed by atoms with E-state index < -0.39 is 0 Å². The molecular formula is C18H22N6S. The Morgan fingerprint density at radius 2 is 2.24 bits per heavy atom. The Morgan fingerprint density at radius 3 is 3.04 bits per heavy atom. The minimum absolute atomic E-state index is 0.476. The molecule has 0 spiro atoms. The molecule has 7 heteroatoms. The van der Waals surface area contributed by atoms with E-state index in [-0.39, 0.29) is 0 Å². The molecule has 1 fully saturated rings. The van der Waals surface area contributed by atoms with Crippen LogP contribution in [0.15, 0.2) is 47.9 Å². The van der Waals surface area contributed by atoms with E-state index in [0.717, 1.165) is 35.5 Å². The van der Waals surface area contributed by atoms with Crippen molar-refractivity contribution in [2.24, 2.45) is 7.05 Å². The molecule has 1 aliphatic rings. The number of thioether (sulfide) groups is 1. The second-order valence-corrected chi connectivity index (χ2v) is 7.29. The number of hydrogen-bond acceptors (Lipinski definition) is 5. The van der Waals surface area contributed by atoms with Crippen molar-refractivity contribution in [3.8, 4) is 5.69 Å². The fourth-order valence-corrected chi connectivity index (χ4v) is 4.10. The Hall–Kier alpha value is -2.12. The maximum atomic E-state index is 4.45. The number of hydrogen-bond donors (Lipinski definition) is 1. The molecule has 6 nitrogen and oxygen atoms in total. The molecule has 0 amide bonds. The molecule has 0 radical (unpaired) electrons. The maximum Gasteiger partial charge on any atom is 0.191 e. The van der Waals surface area contributed by atoms with Crippen LogP contribution in [0.5, 0.6) is 0 Å². The van der Waals surface area contributed by atoms with Gasteiger partial charge in [0, 0.05) is 37.7 Å². The van der Waals surface area contributed by atoms with Crippen molar-refractivity contribution in [3.05, 3.63) is 54.1 Å². The molecule has 25 heavy (non-hydrogen) atoms. The summed E-state index contributed by atoms with van der Waals surface area (Å²) in [6, 6.07) is 10.4. The van der Waals surface area contributed by atoms with Gasteiger partial charge in [0.05, 0.1) is 5.69 Å². The molecule has 4 rings (SSSR count). The third-order valence-electron chi connectivity index (χ3n) is 4.58. The van der Waals surface area contributed by atoms with Gasteiger partial charge in [-0.05, 0) is 43.1 Å². The van der Waals surface area contributed by atoms with Gasteiger partial charge in [0.1, 0.15) is 5.82 Å². The van der Waals surface area contributed by atoms with Crippen LogP contribution in [-0.4, -0.2) is 37.6 Å². The van der Waals surface area contributed by atoms with Crippen molar-refractivity contribution in [3.63, 3.8) is 0 Å². The molecule has 0 unspecified atom stereocenters. The molecular weight excluding hydrogens is 332 g/mol. The molecule has 0 bridgehead atoms. The van der Waals surface area contributed by atoms with Crippen LogP contribution in [0.2, 0.25) is 0 Å².